The summed E-state index contributed by atoms with van der Waals surface area (Å²) in [4.78, 5) is 15.1. The molecular formula is C22H31N5O3S. The molecule has 0 spiro atoms. The Morgan fingerprint density at radius 3 is 2.61 bits per heavy atom. The smallest absolute Gasteiger partial charge is 0.208 e. The first-order valence-corrected chi connectivity index (χ1v) is 12.9. The maximum atomic E-state index is 11.9. The van der Waals surface area contributed by atoms with Crippen molar-refractivity contribution in [2.75, 3.05) is 30.9 Å². The lowest BCUT2D eigenvalue weighted by atomic mass is 9.85. The van der Waals surface area contributed by atoms with Crippen molar-refractivity contribution in [3.8, 4) is 0 Å². The lowest BCUT2D eigenvalue weighted by Gasteiger charge is -2.40. The Labute approximate surface area is 184 Å². The summed E-state index contributed by atoms with van der Waals surface area (Å²) in [6, 6.07) is 7.76. The molecule has 2 aromatic heterocycles. The summed E-state index contributed by atoms with van der Waals surface area (Å²) < 4.78 is 32.9. The highest BCUT2D eigenvalue weighted by Gasteiger charge is 2.33. The molecule has 2 fully saturated rings. The fourth-order valence-electron chi connectivity index (χ4n) is 4.71. The summed E-state index contributed by atoms with van der Waals surface area (Å²) in [6.45, 7) is 2.03. The third-order valence-corrected chi connectivity index (χ3v) is 7.05. The number of hydrogen-bond acceptors (Lipinski definition) is 7. The maximum absolute atomic E-state index is 11.9. The van der Waals surface area contributed by atoms with Crippen LogP contribution in [0.2, 0.25) is 0 Å². The van der Waals surface area contributed by atoms with Crippen molar-refractivity contribution < 1.29 is 13.2 Å². The number of pyridine rings is 1. The summed E-state index contributed by atoms with van der Waals surface area (Å²) in [5.74, 6) is 1.47. The second kappa shape index (κ2) is 10.0. The van der Waals surface area contributed by atoms with Gasteiger partial charge in [-0.25, -0.2) is 28.1 Å². The third kappa shape index (κ3) is 6.21. The number of rotatable bonds is 7. The van der Waals surface area contributed by atoms with Gasteiger partial charge >= 0.3 is 0 Å². The van der Waals surface area contributed by atoms with Crippen molar-refractivity contribution >= 4 is 15.8 Å². The Morgan fingerprint density at radius 2 is 1.94 bits per heavy atom. The van der Waals surface area contributed by atoms with Crippen molar-refractivity contribution in [2.24, 2.45) is 5.92 Å². The number of piperidine rings is 1. The van der Waals surface area contributed by atoms with Gasteiger partial charge in [-0.2, -0.15) is 0 Å². The van der Waals surface area contributed by atoms with E-state index in [1.54, 1.807) is 18.7 Å². The highest BCUT2D eigenvalue weighted by atomic mass is 32.2. The highest BCUT2D eigenvalue weighted by Crippen LogP contribution is 2.33. The average molecular weight is 446 g/mol. The first kappa shape index (κ1) is 22.1. The average Bonchev–Trinajstić information content (AvgIpc) is 2.79. The molecule has 4 rings (SSSR count). The Kier molecular flexibility index (Phi) is 7.14. The molecule has 0 unspecified atom stereocenters. The zero-order valence-electron chi connectivity index (χ0n) is 17.9. The van der Waals surface area contributed by atoms with Gasteiger partial charge in [0.15, 0.2) is 0 Å². The largest absolute Gasteiger partial charge is 0.378 e. The summed E-state index contributed by atoms with van der Waals surface area (Å²) in [6.07, 6.45) is 11.5. The Balaban J connectivity index is 1.34. The third-order valence-electron chi connectivity index (χ3n) is 6.32. The SMILES string of the molecule is CS(=O)(=O)N[C@H]1CCN(c2ccccn2)C[C@H]1COC1CCC(c2ccncn2)CC1. The van der Waals surface area contributed by atoms with E-state index in [4.69, 9.17) is 4.74 Å². The summed E-state index contributed by atoms with van der Waals surface area (Å²) in [5, 5.41) is 0. The minimum atomic E-state index is -3.27. The number of aromatic nitrogens is 3. The molecule has 0 aromatic carbocycles. The molecule has 0 bridgehead atoms. The van der Waals surface area contributed by atoms with Crippen LogP contribution in [0.4, 0.5) is 5.82 Å². The van der Waals surface area contributed by atoms with Crippen LogP contribution in [0.25, 0.3) is 0 Å². The molecule has 1 saturated carbocycles. The quantitative estimate of drug-likeness (QED) is 0.699. The second-order valence-corrected chi connectivity index (χ2v) is 10.4. The summed E-state index contributed by atoms with van der Waals surface area (Å²) in [5.41, 5.74) is 1.11. The Morgan fingerprint density at radius 1 is 1.10 bits per heavy atom. The molecule has 1 N–H and O–H groups in total. The van der Waals surface area contributed by atoms with E-state index in [-0.39, 0.29) is 18.1 Å². The minimum absolute atomic E-state index is 0.0741. The first-order chi connectivity index (χ1) is 15.0. The topological polar surface area (TPSA) is 97.3 Å². The van der Waals surface area contributed by atoms with Crippen LogP contribution >= 0.6 is 0 Å². The molecular weight excluding hydrogens is 414 g/mol. The number of nitrogens with one attached hydrogen (secondary N) is 1. The molecule has 9 heteroatoms. The van der Waals surface area contributed by atoms with Crippen LogP contribution in [0.5, 0.6) is 0 Å². The van der Waals surface area contributed by atoms with E-state index in [0.29, 0.717) is 12.5 Å². The lowest BCUT2D eigenvalue weighted by molar-refractivity contribution is -0.00232. The van der Waals surface area contributed by atoms with Crippen molar-refractivity contribution in [3.05, 3.63) is 48.7 Å². The zero-order valence-corrected chi connectivity index (χ0v) is 18.7. The van der Waals surface area contributed by atoms with E-state index in [9.17, 15) is 8.42 Å². The molecule has 2 aliphatic rings. The Hall–Kier alpha value is -2.10. The van der Waals surface area contributed by atoms with Crippen molar-refractivity contribution in [3.63, 3.8) is 0 Å². The van der Waals surface area contributed by atoms with Crippen LogP contribution in [-0.2, 0) is 14.8 Å². The fraction of sp³-hybridized carbons (Fsp3) is 0.591. The number of hydrogen-bond donors (Lipinski definition) is 1. The van der Waals surface area contributed by atoms with Crippen LogP contribution in [0.3, 0.4) is 0 Å². The monoisotopic (exact) mass is 445 g/mol. The fourth-order valence-corrected chi connectivity index (χ4v) is 5.57. The van der Waals surface area contributed by atoms with Gasteiger partial charge in [0.25, 0.3) is 0 Å². The zero-order chi connectivity index (χ0) is 21.7. The molecule has 1 saturated heterocycles. The van der Waals surface area contributed by atoms with Crippen LogP contribution in [0, 0.1) is 5.92 Å². The van der Waals surface area contributed by atoms with Gasteiger partial charge in [-0.1, -0.05) is 6.07 Å². The van der Waals surface area contributed by atoms with Gasteiger partial charge in [0.1, 0.15) is 12.1 Å². The molecule has 3 heterocycles. The van der Waals surface area contributed by atoms with E-state index >= 15 is 0 Å². The van der Waals surface area contributed by atoms with Crippen molar-refractivity contribution in [1.29, 1.82) is 0 Å². The second-order valence-electron chi connectivity index (χ2n) is 8.62. The van der Waals surface area contributed by atoms with Crippen molar-refractivity contribution in [1.82, 2.24) is 19.7 Å². The number of ether oxygens (including phenoxy) is 1. The normalized spacial score (nSPS) is 27.2. The molecule has 31 heavy (non-hydrogen) atoms. The Bertz CT molecular complexity index is 921. The van der Waals surface area contributed by atoms with Gasteiger partial charge in [-0.05, 0) is 50.3 Å². The predicted octanol–water partition coefficient (Wildman–Crippen LogP) is 2.36. The van der Waals surface area contributed by atoms with Crippen molar-refractivity contribution in [2.45, 2.75) is 50.2 Å². The van der Waals surface area contributed by atoms with Gasteiger partial charge in [0.05, 0.1) is 19.0 Å². The highest BCUT2D eigenvalue weighted by molar-refractivity contribution is 7.88. The molecule has 8 nitrogen and oxygen atoms in total. The van der Waals surface area contributed by atoms with Gasteiger partial charge in [0, 0.05) is 49.1 Å². The lowest BCUT2D eigenvalue weighted by Crippen LogP contribution is -2.52. The molecule has 0 amide bonds. The number of nitrogens with zero attached hydrogens (tertiary/aromatic N) is 4. The minimum Gasteiger partial charge on any atom is -0.378 e. The first-order valence-electron chi connectivity index (χ1n) is 11.0. The van der Waals surface area contributed by atoms with Crippen LogP contribution in [0.1, 0.15) is 43.7 Å². The summed E-state index contributed by atoms with van der Waals surface area (Å²) >= 11 is 0. The van der Waals surface area contributed by atoms with Crippen LogP contribution in [0.15, 0.2) is 43.0 Å². The number of anilines is 1. The standard InChI is InChI=1S/C22H31N5O3S/c1-31(28,29)26-21-10-13-27(22-4-2-3-11-24-22)14-18(21)15-30-19-7-5-17(6-8-19)20-9-12-23-16-25-20/h2-4,9,11-12,16-19,21,26H,5-8,10,13-15H2,1H3/t17?,18-,19?,21-/m0/s1. The van der Waals surface area contributed by atoms with Crippen LogP contribution < -0.4 is 9.62 Å². The van der Waals surface area contributed by atoms with Crippen LogP contribution in [-0.4, -0.2) is 61.5 Å². The van der Waals surface area contributed by atoms with Gasteiger partial charge in [-0.15, -0.1) is 0 Å². The van der Waals surface area contributed by atoms with E-state index in [1.165, 1.54) is 6.26 Å². The predicted molar refractivity (Wildman–Crippen MR) is 119 cm³/mol. The van der Waals surface area contributed by atoms with E-state index < -0.39 is 10.0 Å². The van der Waals surface area contributed by atoms with E-state index in [0.717, 1.165) is 56.7 Å². The molecule has 1 aliphatic heterocycles. The molecule has 1 aliphatic carbocycles. The van der Waals surface area contributed by atoms with E-state index in [1.807, 2.05) is 24.3 Å². The molecule has 2 atom stereocenters. The van der Waals surface area contributed by atoms with Gasteiger partial charge in [-0.3, -0.25) is 0 Å². The van der Waals surface area contributed by atoms with Gasteiger partial charge in [0.2, 0.25) is 10.0 Å². The van der Waals surface area contributed by atoms with Gasteiger partial charge < -0.3 is 9.64 Å². The number of sulfonamides is 1. The molecule has 168 valence electrons. The maximum Gasteiger partial charge on any atom is 0.208 e. The summed E-state index contributed by atoms with van der Waals surface area (Å²) in [7, 11) is -3.27. The molecule has 0 radical (unpaired) electrons. The molecule has 2 aromatic rings. The van der Waals surface area contributed by atoms with E-state index in [2.05, 4.69) is 24.6 Å².